The van der Waals surface area contributed by atoms with Crippen LogP contribution in [0.4, 0.5) is 5.95 Å². The average Bonchev–Trinajstić information content (AvgIpc) is 3.63. The van der Waals surface area contributed by atoms with Crippen molar-refractivity contribution in [3.63, 3.8) is 0 Å². The number of hydrogen-bond donors (Lipinski definition) is 0. The van der Waals surface area contributed by atoms with Crippen molar-refractivity contribution in [3.05, 3.63) is 64.4 Å². The molecule has 1 aliphatic heterocycles. The van der Waals surface area contributed by atoms with Gasteiger partial charge in [-0.25, -0.2) is 15.0 Å². The van der Waals surface area contributed by atoms with Crippen LogP contribution in [0.5, 0.6) is 5.88 Å². The SMILES string of the molecule is C[C@H]1CC[C@H](Cn2c(N3CCO[C@@H]4CCC[C@H]43)nc3cc(Cl)nc(-c4cc(Cl)cnc4OCc4ccccc4)c32)CC1. The Hall–Kier alpha value is -2.87. The second kappa shape index (κ2) is 12.0. The average molecular weight is 607 g/mol. The third-order valence-electron chi connectivity index (χ3n) is 9.28. The van der Waals surface area contributed by atoms with E-state index in [9.17, 15) is 0 Å². The Labute approximate surface area is 257 Å². The van der Waals surface area contributed by atoms with Crippen LogP contribution < -0.4 is 9.64 Å². The van der Waals surface area contributed by atoms with Crippen LogP contribution in [0.2, 0.25) is 10.2 Å². The molecule has 9 heteroatoms. The van der Waals surface area contributed by atoms with E-state index >= 15 is 0 Å². The predicted molar refractivity (Wildman–Crippen MR) is 167 cm³/mol. The highest BCUT2D eigenvalue weighted by Gasteiger charge is 2.39. The minimum absolute atomic E-state index is 0.263. The van der Waals surface area contributed by atoms with Gasteiger partial charge in [-0.15, -0.1) is 0 Å². The molecule has 0 bridgehead atoms. The van der Waals surface area contributed by atoms with Gasteiger partial charge in [0.15, 0.2) is 0 Å². The molecule has 0 spiro atoms. The number of hydrogen-bond acceptors (Lipinski definition) is 6. The number of ether oxygens (including phenoxy) is 2. The fraction of sp³-hybridized carbons (Fsp3) is 0.485. The first-order valence-corrected chi connectivity index (χ1v) is 16.1. The standard InChI is InChI=1S/C33H37Cl2N5O2/c1-21-10-12-22(13-11-21)19-40-31-26(37-33(40)39-14-15-41-28-9-5-8-27(28)39)17-29(35)38-30(31)25-16-24(34)18-36-32(25)42-20-23-6-3-2-4-7-23/h2-4,6-7,16-18,21-22,27-28H,5,8-15,19-20H2,1H3/t21-,22-,27-,28-/m1/s1. The van der Waals surface area contributed by atoms with E-state index in [1.165, 1.54) is 32.1 Å². The van der Waals surface area contributed by atoms with Gasteiger partial charge in [-0.3, -0.25) is 0 Å². The Balaban J connectivity index is 1.36. The van der Waals surface area contributed by atoms with Crippen LogP contribution in [-0.4, -0.2) is 44.8 Å². The maximum atomic E-state index is 6.70. The molecule has 0 unspecified atom stereocenters. The van der Waals surface area contributed by atoms with Crippen molar-refractivity contribution in [2.75, 3.05) is 18.1 Å². The molecule has 2 atom stereocenters. The summed E-state index contributed by atoms with van der Waals surface area (Å²) in [7, 11) is 0. The van der Waals surface area contributed by atoms with E-state index < -0.39 is 0 Å². The lowest BCUT2D eigenvalue weighted by Crippen LogP contribution is -2.49. The highest BCUT2D eigenvalue weighted by atomic mass is 35.5. The Bertz CT molecular complexity index is 1550. The zero-order chi connectivity index (χ0) is 28.6. The Morgan fingerprint density at radius 3 is 2.67 bits per heavy atom. The number of pyridine rings is 2. The Kier molecular flexibility index (Phi) is 7.99. The summed E-state index contributed by atoms with van der Waals surface area (Å²) in [5, 5.41) is 0.899. The molecular weight excluding hydrogens is 569 g/mol. The Morgan fingerprint density at radius 1 is 1.00 bits per heavy atom. The lowest BCUT2D eigenvalue weighted by molar-refractivity contribution is 0.0247. The number of benzene rings is 1. The summed E-state index contributed by atoms with van der Waals surface area (Å²) in [5.74, 6) is 2.84. The summed E-state index contributed by atoms with van der Waals surface area (Å²) in [4.78, 5) is 17.3. The molecule has 2 aliphatic carbocycles. The minimum Gasteiger partial charge on any atom is -0.472 e. The van der Waals surface area contributed by atoms with Gasteiger partial charge in [0.1, 0.15) is 17.5 Å². The van der Waals surface area contributed by atoms with Crippen LogP contribution in [0.15, 0.2) is 48.7 Å². The van der Waals surface area contributed by atoms with Crippen molar-refractivity contribution in [2.45, 2.75) is 77.2 Å². The lowest BCUT2D eigenvalue weighted by Gasteiger charge is -2.39. The summed E-state index contributed by atoms with van der Waals surface area (Å²) >= 11 is 13.2. The number of halogens is 2. The van der Waals surface area contributed by atoms with E-state index in [-0.39, 0.29) is 6.10 Å². The summed E-state index contributed by atoms with van der Waals surface area (Å²) in [6, 6.07) is 14.2. The molecule has 220 valence electrons. The molecule has 7 nitrogen and oxygen atoms in total. The third kappa shape index (κ3) is 5.59. The summed E-state index contributed by atoms with van der Waals surface area (Å²) in [6.45, 7) is 5.18. The summed E-state index contributed by atoms with van der Waals surface area (Å²) in [6.07, 6.45) is 10.3. The number of imidazole rings is 1. The molecule has 4 aromatic rings. The monoisotopic (exact) mass is 605 g/mol. The molecule has 4 heterocycles. The molecule has 0 N–H and O–H groups in total. The second-order valence-electron chi connectivity index (χ2n) is 12.2. The predicted octanol–water partition coefficient (Wildman–Crippen LogP) is 7.96. The van der Waals surface area contributed by atoms with Gasteiger partial charge in [-0.1, -0.05) is 73.3 Å². The number of fused-ring (bicyclic) bond motifs is 2. The molecule has 7 rings (SSSR count). The van der Waals surface area contributed by atoms with Gasteiger partial charge in [0.25, 0.3) is 0 Å². The van der Waals surface area contributed by atoms with Gasteiger partial charge in [-0.2, -0.15) is 0 Å². The van der Waals surface area contributed by atoms with Crippen LogP contribution in [0, 0.1) is 11.8 Å². The van der Waals surface area contributed by atoms with Gasteiger partial charge in [0, 0.05) is 25.4 Å². The van der Waals surface area contributed by atoms with Crippen molar-refractivity contribution in [1.29, 1.82) is 0 Å². The van der Waals surface area contributed by atoms with E-state index in [2.05, 4.69) is 21.4 Å². The lowest BCUT2D eigenvalue weighted by atomic mass is 9.83. The van der Waals surface area contributed by atoms with Crippen LogP contribution >= 0.6 is 23.2 Å². The number of nitrogens with zero attached hydrogens (tertiary/aromatic N) is 5. The van der Waals surface area contributed by atoms with Gasteiger partial charge < -0.3 is 18.9 Å². The first-order chi connectivity index (χ1) is 20.5. The smallest absolute Gasteiger partial charge is 0.223 e. The number of anilines is 1. The molecule has 1 aromatic carbocycles. The summed E-state index contributed by atoms with van der Waals surface area (Å²) in [5.41, 5.74) is 4.27. The van der Waals surface area contributed by atoms with Crippen LogP contribution in [0.25, 0.3) is 22.3 Å². The molecule has 0 radical (unpaired) electrons. The molecule has 3 aromatic heterocycles. The quantitative estimate of drug-likeness (QED) is 0.199. The number of aromatic nitrogens is 4. The molecule has 1 saturated heterocycles. The fourth-order valence-electron chi connectivity index (χ4n) is 7.08. The first-order valence-electron chi connectivity index (χ1n) is 15.3. The van der Waals surface area contributed by atoms with Gasteiger partial charge in [0.2, 0.25) is 11.8 Å². The molecule has 0 amide bonds. The zero-order valence-corrected chi connectivity index (χ0v) is 25.5. The third-order valence-corrected chi connectivity index (χ3v) is 9.68. The normalized spacial score (nSPS) is 24.2. The molecular formula is C33H37Cl2N5O2. The Morgan fingerprint density at radius 2 is 1.83 bits per heavy atom. The van der Waals surface area contributed by atoms with Crippen LogP contribution in [-0.2, 0) is 17.9 Å². The zero-order valence-electron chi connectivity index (χ0n) is 24.0. The van der Waals surface area contributed by atoms with E-state index in [4.69, 9.17) is 42.6 Å². The number of morpholine rings is 1. The summed E-state index contributed by atoms with van der Waals surface area (Å²) < 4.78 is 14.9. The second-order valence-corrected chi connectivity index (χ2v) is 13.0. The van der Waals surface area contributed by atoms with E-state index in [0.717, 1.165) is 60.0 Å². The molecule has 42 heavy (non-hydrogen) atoms. The van der Waals surface area contributed by atoms with Crippen molar-refractivity contribution in [2.24, 2.45) is 11.8 Å². The van der Waals surface area contributed by atoms with E-state index in [1.807, 2.05) is 42.5 Å². The molecule has 3 aliphatic rings. The largest absolute Gasteiger partial charge is 0.472 e. The highest BCUT2D eigenvalue weighted by molar-refractivity contribution is 6.31. The van der Waals surface area contributed by atoms with Crippen molar-refractivity contribution in [1.82, 2.24) is 19.5 Å². The molecule has 3 fully saturated rings. The van der Waals surface area contributed by atoms with Crippen molar-refractivity contribution >= 4 is 40.2 Å². The van der Waals surface area contributed by atoms with Crippen LogP contribution in [0.1, 0.15) is 57.4 Å². The highest BCUT2D eigenvalue weighted by Crippen LogP contribution is 2.41. The van der Waals surface area contributed by atoms with Crippen molar-refractivity contribution in [3.8, 4) is 17.1 Å². The first kappa shape index (κ1) is 27.9. The molecule has 2 saturated carbocycles. The van der Waals surface area contributed by atoms with Gasteiger partial charge >= 0.3 is 0 Å². The topological polar surface area (TPSA) is 65.3 Å². The van der Waals surface area contributed by atoms with E-state index in [1.54, 1.807) is 6.20 Å². The maximum Gasteiger partial charge on any atom is 0.223 e. The van der Waals surface area contributed by atoms with Gasteiger partial charge in [0.05, 0.1) is 40.4 Å². The van der Waals surface area contributed by atoms with Gasteiger partial charge in [-0.05, 0) is 55.6 Å². The minimum atomic E-state index is 0.263. The van der Waals surface area contributed by atoms with E-state index in [0.29, 0.717) is 46.9 Å². The number of rotatable bonds is 7. The van der Waals surface area contributed by atoms with Crippen LogP contribution in [0.3, 0.4) is 0 Å². The fourth-order valence-corrected chi connectivity index (χ4v) is 7.42. The maximum absolute atomic E-state index is 6.70. The van der Waals surface area contributed by atoms with Crippen molar-refractivity contribution < 1.29 is 9.47 Å².